The van der Waals surface area contributed by atoms with E-state index in [1.807, 2.05) is 0 Å². The lowest BCUT2D eigenvalue weighted by Crippen LogP contribution is -2.38. The van der Waals surface area contributed by atoms with E-state index in [0.29, 0.717) is 4.31 Å². The van der Waals surface area contributed by atoms with Gasteiger partial charge in [0.05, 0.1) is 12.5 Å². The van der Waals surface area contributed by atoms with E-state index in [-0.39, 0.29) is 6.54 Å². The molecule has 10 heteroatoms. The van der Waals surface area contributed by atoms with Crippen LogP contribution in [0.4, 0.5) is 14.5 Å². The number of anilines is 1. The fourth-order valence-electron chi connectivity index (χ4n) is 1.50. The highest BCUT2D eigenvalue weighted by atomic mass is 32.2. The summed E-state index contributed by atoms with van der Waals surface area (Å²) in [5.74, 6) is -2.09. The summed E-state index contributed by atoms with van der Waals surface area (Å²) >= 11 is 0. The van der Waals surface area contributed by atoms with Crippen LogP contribution >= 0.6 is 0 Å². The minimum atomic E-state index is -3.96. The average molecular weight is 328 g/mol. The Balaban J connectivity index is 3.09. The molecule has 0 aromatic heterocycles. The van der Waals surface area contributed by atoms with Gasteiger partial charge in [-0.3, -0.25) is 4.31 Å². The Morgan fingerprint density at radius 1 is 1.10 bits per heavy atom. The second-order valence-electron chi connectivity index (χ2n) is 4.07. The summed E-state index contributed by atoms with van der Waals surface area (Å²) in [6, 6.07) is 2.94. The molecule has 1 N–H and O–H groups in total. The highest BCUT2D eigenvalue weighted by molar-refractivity contribution is 7.92. The number of rotatable bonds is 6. The van der Waals surface area contributed by atoms with Gasteiger partial charge < -0.3 is 0 Å². The number of halogens is 2. The SMILES string of the molecule is CS(=O)(=O)NCCN(c1c(F)cccc1F)S(C)(=O)=O. The third-order valence-electron chi connectivity index (χ3n) is 2.27. The van der Waals surface area contributed by atoms with Gasteiger partial charge in [0.1, 0.15) is 5.69 Å². The monoisotopic (exact) mass is 328 g/mol. The summed E-state index contributed by atoms with van der Waals surface area (Å²) in [5.41, 5.74) is -0.731. The molecule has 0 heterocycles. The number of nitrogens with one attached hydrogen (secondary N) is 1. The number of para-hydroxylation sites is 1. The molecule has 1 rings (SSSR count). The van der Waals surface area contributed by atoms with E-state index >= 15 is 0 Å². The first-order valence-corrected chi connectivity index (χ1v) is 9.12. The predicted molar refractivity (Wildman–Crippen MR) is 71.4 cm³/mol. The smallest absolute Gasteiger partial charge is 0.232 e. The molecule has 6 nitrogen and oxygen atoms in total. The lowest BCUT2D eigenvalue weighted by Gasteiger charge is -2.23. The minimum absolute atomic E-state index is 0.306. The molecule has 0 bridgehead atoms. The molecule has 0 amide bonds. The fraction of sp³-hybridized carbons (Fsp3) is 0.400. The van der Waals surface area contributed by atoms with E-state index in [4.69, 9.17) is 0 Å². The highest BCUT2D eigenvalue weighted by Crippen LogP contribution is 2.24. The van der Waals surface area contributed by atoms with Crippen LogP contribution in [0.25, 0.3) is 0 Å². The van der Waals surface area contributed by atoms with Gasteiger partial charge in [0, 0.05) is 13.1 Å². The quantitative estimate of drug-likeness (QED) is 0.813. The zero-order valence-electron chi connectivity index (χ0n) is 10.8. The van der Waals surface area contributed by atoms with E-state index in [9.17, 15) is 25.6 Å². The molecule has 0 spiro atoms. The molecule has 0 atom stereocenters. The maximum atomic E-state index is 13.6. The molecule has 0 aliphatic carbocycles. The number of hydrogen-bond donors (Lipinski definition) is 1. The van der Waals surface area contributed by atoms with E-state index < -0.39 is 43.9 Å². The molecular formula is C10H14F2N2O4S2. The van der Waals surface area contributed by atoms with Gasteiger partial charge in [-0.05, 0) is 12.1 Å². The third-order valence-corrected chi connectivity index (χ3v) is 4.16. The summed E-state index contributed by atoms with van der Waals surface area (Å²) in [6.45, 7) is -0.733. The normalized spacial score (nSPS) is 12.4. The van der Waals surface area contributed by atoms with Gasteiger partial charge in [0.25, 0.3) is 0 Å². The molecule has 0 saturated carbocycles. The van der Waals surface area contributed by atoms with Crippen molar-refractivity contribution < 1.29 is 25.6 Å². The van der Waals surface area contributed by atoms with Crippen LogP contribution in [0.2, 0.25) is 0 Å². The van der Waals surface area contributed by atoms with Crippen molar-refractivity contribution in [2.45, 2.75) is 0 Å². The maximum Gasteiger partial charge on any atom is 0.232 e. The van der Waals surface area contributed by atoms with Crippen LogP contribution in [0, 0.1) is 11.6 Å². The van der Waals surface area contributed by atoms with E-state index in [2.05, 4.69) is 4.72 Å². The number of nitrogens with zero attached hydrogens (tertiary/aromatic N) is 1. The molecule has 1 aromatic rings. The first kappa shape index (κ1) is 16.8. The Morgan fingerprint density at radius 2 is 1.60 bits per heavy atom. The van der Waals surface area contributed by atoms with Crippen LogP contribution < -0.4 is 9.03 Å². The molecule has 114 valence electrons. The van der Waals surface area contributed by atoms with Crippen molar-refractivity contribution in [3.63, 3.8) is 0 Å². The summed E-state index contributed by atoms with van der Waals surface area (Å²) in [4.78, 5) is 0. The van der Waals surface area contributed by atoms with Crippen LogP contribution in [0.1, 0.15) is 0 Å². The molecule has 0 radical (unpaired) electrons. The Bertz CT molecular complexity index is 669. The van der Waals surface area contributed by atoms with Crippen molar-refractivity contribution in [1.29, 1.82) is 0 Å². The van der Waals surface area contributed by atoms with Crippen LogP contribution in [0.3, 0.4) is 0 Å². The summed E-state index contributed by atoms with van der Waals surface area (Å²) in [5, 5.41) is 0. The number of sulfonamides is 2. The second kappa shape index (κ2) is 6.02. The molecular weight excluding hydrogens is 314 g/mol. The molecule has 0 aliphatic heterocycles. The standard InChI is InChI=1S/C10H14F2N2O4S2/c1-19(15,16)13-6-7-14(20(2,17)18)10-8(11)4-3-5-9(10)12/h3-5,13H,6-7H2,1-2H3. The number of hydrogen-bond acceptors (Lipinski definition) is 4. The van der Waals surface area contributed by atoms with Crippen molar-refractivity contribution in [1.82, 2.24) is 4.72 Å². The van der Waals surface area contributed by atoms with Gasteiger partial charge >= 0.3 is 0 Å². The first-order chi connectivity index (χ1) is 9.02. The van der Waals surface area contributed by atoms with Crippen molar-refractivity contribution in [2.24, 2.45) is 0 Å². The highest BCUT2D eigenvalue weighted by Gasteiger charge is 2.24. The average Bonchev–Trinajstić information content (AvgIpc) is 2.23. The Kier molecular flexibility index (Phi) is 5.05. The molecule has 1 aromatic carbocycles. The Labute approximate surface area is 116 Å². The summed E-state index contributed by atoms with van der Waals surface area (Å²) in [6.07, 6.45) is 1.67. The molecule has 20 heavy (non-hydrogen) atoms. The predicted octanol–water partition coefficient (Wildman–Crippen LogP) is 0.280. The zero-order valence-corrected chi connectivity index (χ0v) is 12.4. The Morgan fingerprint density at radius 3 is 2.00 bits per heavy atom. The lowest BCUT2D eigenvalue weighted by atomic mass is 10.3. The largest absolute Gasteiger partial charge is 0.263 e. The van der Waals surface area contributed by atoms with Crippen molar-refractivity contribution in [3.8, 4) is 0 Å². The van der Waals surface area contributed by atoms with Gasteiger partial charge in [-0.1, -0.05) is 6.07 Å². The van der Waals surface area contributed by atoms with E-state index in [1.54, 1.807) is 0 Å². The van der Waals surface area contributed by atoms with E-state index in [1.165, 1.54) is 0 Å². The van der Waals surface area contributed by atoms with Crippen molar-refractivity contribution in [2.75, 3.05) is 29.9 Å². The molecule has 0 saturated heterocycles. The zero-order chi connectivity index (χ0) is 15.6. The second-order valence-corrected chi connectivity index (χ2v) is 7.81. The van der Waals surface area contributed by atoms with Gasteiger partial charge in [-0.25, -0.2) is 30.3 Å². The topological polar surface area (TPSA) is 83.6 Å². The molecule has 0 unspecified atom stereocenters. The lowest BCUT2D eigenvalue weighted by molar-refractivity contribution is 0.566. The third kappa shape index (κ3) is 4.69. The molecule has 0 fully saturated rings. The van der Waals surface area contributed by atoms with Crippen molar-refractivity contribution in [3.05, 3.63) is 29.8 Å². The number of benzene rings is 1. The summed E-state index contributed by atoms with van der Waals surface area (Å²) in [7, 11) is -7.49. The Hall–Kier alpha value is -1.26. The van der Waals surface area contributed by atoms with Gasteiger partial charge in [-0.15, -0.1) is 0 Å². The van der Waals surface area contributed by atoms with Crippen LogP contribution in [0.15, 0.2) is 18.2 Å². The van der Waals surface area contributed by atoms with Crippen LogP contribution in [-0.2, 0) is 20.0 Å². The summed E-state index contributed by atoms with van der Waals surface area (Å²) < 4.78 is 74.8. The van der Waals surface area contributed by atoms with E-state index in [0.717, 1.165) is 30.7 Å². The fourth-order valence-corrected chi connectivity index (χ4v) is 2.89. The first-order valence-electron chi connectivity index (χ1n) is 5.39. The van der Waals surface area contributed by atoms with Gasteiger partial charge in [-0.2, -0.15) is 0 Å². The van der Waals surface area contributed by atoms with Crippen LogP contribution in [-0.4, -0.2) is 42.4 Å². The van der Waals surface area contributed by atoms with Crippen molar-refractivity contribution >= 4 is 25.7 Å². The van der Waals surface area contributed by atoms with Crippen LogP contribution in [0.5, 0.6) is 0 Å². The van der Waals surface area contributed by atoms with Gasteiger partial charge in [0.15, 0.2) is 11.6 Å². The molecule has 0 aliphatic rings. The van der Waals surface area contributed by atoms with Gasteiger partial charge in [0.2, 0.25) is 20.0 Å². The minimum Gasteiger partial charge on any atom is -0.263 e. The maximum absolute atomic E-state index is 13.6.